The highest BCUT2D eigenvalue weighted by Gasteiger charge is 2.12. The van der Waals surface area contributed by atoms with Crippen LogP contribution in [-0.2, 0) is 0 Å². The quantitative estimate of drug-likeness (QED) is 0.734. The Hall–Kier alpha value is -0.900. The number of benzene rings is 1. The number of carbonyl (C=O) groups excluding carboxylic acids is 1. The van der Waals surface area contributed by atoms with Crippen molar-refractivity contribution in [3.63, 3.8) is 0 Å². The molecule has 1 amide bonds. The molecule has 0 bridgehead atoms. The van der Waals surface area contributed by atoms with Crippen molar-refractivity contribution in [2.45, 2.75) is 4.90 Å². The predicted octanol–water partition coefficient (Wildman–Crippen LogP) is 4.71. The molecular formula is C13H13Cl2NOS. The molecule has 0 aliphatic carbocycles. The molecule has 0 saturated heterocycles. The van der Waals surface area contributed by atoms with Gasteiger partial charge in [-0.1, -0.05) is 53.6 Å². The van der Waals surface area contributed by atoms with Crippen molar-refractivity contribution in [1.29, 1.82) is 0 Å². The minimum Gasteiger partial charge on any atom is -0.326 e. The van der Waals surface area contributed by atoms with Crippen molar-refractivity contribution in [2.24, 2.45) is 0 Å². The van der Waals surface area contributed by atoms with Crippen LogP contribution in [0.4, 0.5) is 4.79 Å². The lowest BCUT2D eigenvalue weighted by atomic mass is 10.4. The van der Waals surface area contributed by atoms with E-state index in [4.69, 9.17) is 23.2 Å². The number of halogens is 2. The number of nitrogens with zero attached hydrogens (tertiary/aromatic N) is 1. The van der Waals surface area contributed by atoms with E-state index in [2.05, 4.69) is 0 Å². The van der Waals surface area contributed by atoms with Crippen LogP contribution in [0.15, 0.2) is 58.4 Å². The number of hydrogen-bond acceptors (Lipinski definition) is 2. The zero-order chi connectivity index (χ0) is 13.2. The number of hydrogen-bond donors (Lipinski definition) is 0. The van der Waals surface area contributed by atoms with E-state index < -0.39 is 0 Å². The molecule has 0 aromatic heterocycles. The molecular weight excluding hydrogens is 289 g/mol. The average molecular weight is 302 g/mol. The Bertz CT molecular complexity index is 406. The van der Waals surface area contributed by atoms with Gasteiger partial charge in [-0.25, -0.2) is 0 Å². The Morgan fingerprint density at radius 3 is 2.17 bits per heavy atom. The summed E-state index contributed by atoms with van der Waals surface area (Å²) in [5.41, 5.74) is 2.80. The molecule has 18 heavy (non-hydrogen) atoms. The second kappa shape index (κ2) is 9.09. The molecule has 0 unspecified atom stereocenters. The predicted molar refractivity (Wildman–Crippen MR) is 79.3 cm³/mol. The molecule has 0 saturated carbocycles. The van der Waals surface area contributed by atoms with E-state index in [0.29, 0.717) is 13.1 Å². The van der Waals surface area contributed by atoms with Crippen LogP contribution in [0, 0.1) is 0 Å². The number of amides is 1. The van der Waals surface area contributed by atoms with Crippen LogP contribution in [0.25, 0.3) is 0 Å². The topological polar surface area (TPSA) is 20.3 Å². The largest absolute Gasteiger partial charge is 0.326 e. The van der Waals surface area contributed by atoms with E-state index >= 15 is 0 Å². The van der Waals surface area contributed by atoms with Crippen LogP contribution >= 0.6 is 35.0 Å². The highest BCUT2D eigenvalue weighted by molar-refractivity contribution is 8.13. The first-order valence-corrected chi connectivity index (χ1v) is 6.99. The zero-order valence-electron chi connectivity index (χ0n) is 9.63. The Labute approximate surface area is 121 Å². The molecule has 1 aromatic carbocycles. The van der Waals surface area contributed by atoms with Crippen LogP contribution in [0.3, 0.4) is 0 Å². The van der Waals surface area contributed by atoms with Crippen LogP contribution in [-0.4, -0.2) is 23.2 Å². The Morgan fingerprint density at radius 1 is 1.11 bits per heavy atom. The third-order valence-electron chi connectivity index (χ3n) is 2.04. The fourth-order valence-corrected chi connectivity index (χ4v) is 2.14. The Kier molecular flexibility index (Phi) is 7.65. The molecule has 0 aliphatic rings. The summed E-state index contributed by atoms with van der Waals surface area (Å²) >= 11 is 12.1. The van der Waals surface area contributed by atoms with Crippen molar-refractivity contribution in [2.75, 3.05) is 13.1 Å². The molecule has 0 aliphatic heterocycles. The van der Waals surface area contributed by atoms with Crippen molar-refractivity contribution in [1.82, 2.24) is 4.90 Å². The van der Waals surface area contributed by atoms with Gasteiger partial charge >= 0.3 is 0 Å². The highest BCUT2D eigenvalue weighted by atomic mass is 35.5. The molecule has 0 atom stereocenters. The van der Waals surface area contributed by atoms with Crippen LogP contribution in [0.2, 0.25) is 0 Å². The fraction of sp³-hybridized carbons (Fsp3) is 0.154. The lowest BCUT2D eigenvalue weighted by Gasteiger charge is -2.18. The van der Waals surface area contributed by atoms with Crippen molar-refractivity contribution in [3.05, 3.63) is 53.6 Å². The molecule has 0 fully saturated rings. The van der Waals surface area contributed by atoms with E-state index in [1.165, 1.54) is 22.8 Å². The van der Waals surface area contributed by atoms with E-state index in [1.807, 2.05) is 30.3 Å². The summed E-state index contributed by atoms with van der Waals surface area (Å²) in [6.45, 7) is 0.923. The second-order valence-corrected chi connectivity index (χ2v) is 4.84. The lowest BCUT2D eigenvalue weighted by molar-refractivity contribution is 0.233. The first-order valence-electron chi connectivity index (χ1n) is 5.30. The molecule has 1 rings (SSSR count). The van der Waals surface area contributed by atoms with Gasteiger partial charge < -0.3 is 4.90 Å². The third-order valence-corrected chi connectivity index (χ3v) is 3.33. The summed E-state index contributed by atoms with van der Waals surface area (Å²) in [5.74, 6) is 0. The van der Waals surface area contributed by atoms with Gasteiger partial charge in [-0.3, -0.25) is 4.79 Å². The molecule has 0 radical (unpaired) electrons. The highest BCUT2D eigenvalue weighted by Crippen LogP contribution is 2.20. The molecule has 0 N–H and O–H groups in total. The van der Waals surface area contributed by atoms with Gasteiger partial charge in [0, 0.05) is 29.1 Å². The van der Waals surface area contributed by atoms with Gasteiger partial charge in [-0.15, -0.1) is 0 Å². The summed E-state index contributed by atoms with van der Waals surface area (Å²) in [6, 6.07) is 9.51. The molecule has 0 heterocycles. The maximum Gasteiger partial charge on any atom is 0.287 e. The maximum absolute atomic E-state index is 12.1. The first-order chi connectivity index (χ1) is 8.77. The van der Waals surface area contributed by atoms with Gasteiger partial charge in [0.2, 0.25) is 0 Å². The van der Waals surface area contributed by atoms with Gasteiger partial charge in [0.1, 0.15) is 0 Å². The van der Waals surface area contributed by atoms with Gasteiger partial charge in [0.25, 0.3) is 5.24 Å². The van der Waals surface area contributed by atoms with Crippen LogP contribution in [0.1, 0.15) is 0 Å². The normalized spacial score (nSPS) is 11.2. The minimum atomic E-state index is -0.0364. The van der Waals surface area contributed by atoms with E-state index in [-0.39, 0.29) is 5.24 Å². The van der Waals surface area contributed by atoms with E-state index in [0.717, 1.165) is 4.90 Å². The van der Waals surface area contributed by atoms with Crippen molar-refractivity contribution >= 4 is 40.2 Å². The minimum absolute atomic E-state index is 0.0364. The number of thioether (sulfide) groups is 1. The molecule has 0 spiro atoms. The van der Waals surface area contributed by atoms with Crippen molar-refractivity contribution in [3.8, 4) is 0 Å². The Balaban J connectivity index is 2.63. The molecule has 5 heteroatoms. The zero-order valence-corrected chi connectivity index (χ0v) is 12.0. The summed E-state index contributed by atoms with van der Waals surface area (Å²) in [6.07, 6.45) is 3.43. The third kappa shape index (κ3) is 5.63. The van der Waals surface area contributed by atoms with Gasteiger partial charge in [0.15, 0.2) is 0 Å². The summed E-state index contributed by atoms with van der Waals surface area (Å²) in [5, 5.41) is -0.0364. The maximum atomic E-state index is 12.1. The SMILES string of the molecule is O=C(Sc1ccccc1)N(CC=CCl)CC=CCl. The standard InChI is InChI=1S/C13H13Cl2NOS/c14-8-4-10-16(11-5-9-15)13(17)18-12-6-2-1-3-7-12/h1-9H,10-11H2. The van der Waals surface area contributed by atoms with Crippen LogP contribution < -0.4 is 0 Å². The van der Waals surface area contributed by atoms with Crippen molar-refractivity contribution < 1.29 is 4.79 Å². The van der Waals surface area contributed by atoms with Gasteiger partial charge in [0.05, 0.1) is 0 Å². The first kappa shape index (κ1) is 15.2. The Morgan fingerprint density at radius 2 is 1.67 bits per heavy atom. The summed E-state index contributed by atoms with van der Waals surface area (Å²) in [7, 11) is 0. The second-order valence-electron chi connectivity index (χ2n) is 3.31. The fourth-order valence-electron chi connectivity index (χ4n) is 1.21. The van der Waals surface area contributed by atoms with Gasteiger partial charge in [-0.2, -0.15) is 0 Å². The number of carbonyl (C=O) groups is 1. The van der Waals surface area contributed by atoms with E-state index in [1.54, 1.807) is 17.1 Å². The molecule has 2 nitrogen and oxygen atoms in total. The molecule has 96 valence electrons. The summed E-state index contributed by atoms with van der Waals surface area (Å²) < 4.78 is 0. The smallest absolute Gasteiger partial charge is 0.287 e. The van der Waals surface area contributed by atoms with E-state index in [9.17, 15) is 4.79 Å². The van der Waals surface area contributed by atoms with Gasteiger partial charge in [-0.05, 0) is 23.9 Å². The van der Waals surface area contributed by atoms with Crippen LogP contribution in [0.5, 0.6) is 0 Å². The molecule has 1 aromatic rings. The number of rotatable bonds is 5. The monoisotopic (exact) mass is 301 g/mol. The average Bonchev–Trinajstić information content (AvgIpc) is 2.40. The summed E-state index contributed by atoms with van der Waals surface area (Å²) in [4.78, 5) is 14.6. The lowest BCUT2D eigenvalue weighted by Crippen LogP contribution is -2.27.